The first-order valence-corrected chi connectivity index (χ1v) is 10.9. The van der Waals surface area contributed by atoms with E-state index in [0.29, 0.717) is 18.4 Å². The first-order chi connectivity index (χ1) is 13.6. The Morgan fingerprint density at radius 3 is 2.93 bits per heavy atom. The van der Waals surface area contributed by atoms with Gasteiger partial charge in [0.15, 0.2) is 5.82 Å². The molecule has 2 fully saturated rings. The fraction of sp³-hybridized carbons (Fsp3) is 0.600. The van der Waals surface area contributed by atoms with E-state index in [-0.39, 0.29) is 6.54 Å². The van der Waals surface area contributed by atoms with Gasteiger partial charge < -0.3 is 20.4 Å². The summed E-state index contributed by atoms with van der Waals surface area (Å²) in [5, 5.41) is 20.1. The van der Waals surface area contributed by atoms with Crippen molar-refractivity contribution in [2.24, 2.45) is 11.8 Å². The van der Waals surface area contributed by atoms with Gasteiger partial charge in [-0.25, -0.2) is 0 Å². The molecule has 7 nitrogen and oxygen atoms in total. The summed E-state index contributed by atoms with van der Waals surface area (Å²) in [6.45, 7) is 1.64. The predicted molar refractivity (Wildman–Crippen MR) is 111 cm³/mol. The molecule has 152 valence electrons. The van der Waals surface area contributed by atoms with Gasteiger partial charge in [0.1, 0.15) is 11.5 Å². The Morgan fingerprint density at radius 1 is 1.36 bits per heavy atom. The number of terminal acetylenes is 1. The molecular weight excluding hydrogens is 376 g/mol. The van der Waals surface area contributed by atoms with Gasteiger partial charge in [-0.1, -0.05) is 12.3 Å². The molecule has 3 atom stereocenters. The van der Waals surface area contributed by atoms with Gasteiger partial charge in [-0.05, 0) is 43.2 Å². The van der Waals surface area contributed by atoms with Crippen molar-refractivity contribution >= 4 is 11.8 Å². The minimum atomic E-state index is -0.506. The highest BCUT2D eigenvalue weighted by molar-refractivity contribution is 7.98. The van der Waals surface area contributed by atoms with Gasteiger partial charge in [-0.2, -0.15) is 11.8 Å². The van der Waals surface area contributed by atoms with E-state index in [1.54, 1.807) is 11.8 Å². The number of nitrogens with one attached hydrogen (secondary N) is 3. The van der Waals surface area contributed by atoms with E-state index in [2.05, 4.69) is 27.9 Å². The number of hydrogen-bond acceptors (Lipinski definition) is 7. The highest BCUT2D eigenvalue weighted by atomic mass is 32.2. The van der Waals surface area contributed by atoms with Crippen molar-refractivity contribution in [3.8, 4) is 12.3 Å². The number of furan rings is 1. The van der Waals surface area contributed by atoms with Gasteiger partial charge >= 0.3 is 0 Å². The minimum Gasteiger partial charge on any atom is -0.464 e. The first kappa shape index (κ1) is 20.6. The third-order valence-corrected chi connectivity index (χ3v) is 6.40. The normalized spacial score (nSPS) is 23.5. The molecule has 2 aliphatic carbocycles. The van der Waals surface area contributed by atoms with Gasteiger partial charge in [0.2, 0.25) is 0 Å². The van der Waals surface area contributed by atoms with Crippen molar-refractivity contribution < 1.29 is 9.34 Å². The SMILES string of the molecule is C#CCN/C(=C\[N+](=O)[O-])NCCSCc1ccc(CNC2CC3CCC2C3)o1. The van der Waals surface area contributed by atoms with Crippen molar-refractivity contribution in [2.45, 2.75) is 44.0 Å². The molecule has 1 aromatic rings. The molecule has 2 bridgehead atoms. The van der Waals surface area contributed by atoms with Crippen LogP contribution in [-0.4, -0.2) is 29.8 Å². The van der Waals surface area contributed by atoms with Crippen LogP contribution in [0, 0.1) is 34.3 Å². The van der Waals surface area contributed by atoms with Crippen LogP contribution in [0.5, 0.6) is 0 Å². The Morgan fingerprint density at radius 2 is 2.21 bits per heavy atom. The van der Waals surface area contributed by atoms with E-state index in [1.807, 2.05) is 6.07 Å². The average molecular weight is 405 g/mol. The number of fused-ring (bicyclic) bond motifs is 2. The van der Waals surface area contributed by atoms with Crippen molar-refractivity contribution in [3.63, 3.8) is 0 Å². The molecule has 0 spiro atoms. The molecule has 1 heterocycles. The van der Waals surface area contributed by atoms with Crippen LogP contribution in [0.15, 0.2) is 28.6 Å². The molecule has 3 N–H and O–H groups in total. The molecule has 0 aromatic carbocycles. The van der Waals surface area contributed by atoms with E-state index < -0.39 is 4.92 Å². The van der Waals surface area contributed by atoms with Crippen LogP contribution in [0.2, 0.25) is 0 Å². The molecule has 28 heavy (non-hydrogen) atoms. The first-order valence-electron chi connectivity index (χ1n) is 9.79. The Balaban J connectivity index is 1.31. The van der Waals surface area contributed by atoms with Crippen LogP contribution in [0.1, 0.15) is 37.2 Å². The molecule has 2 saturated carbocycles. The third kappa shape index (κ3) is 6.21. The maximum Gasteiger partial charge on any atom is 0.274 e. The van der Waals surface area contributed by atoms with E-state index >= 15 is 0 Å². The van der Waals surface area contributed by atoms with E-state index in [1.165, 1.54) is 25.7 Å². The van der Waals surface area contributed by atoms with Crippen LogP contribution in [-0.2, 0) is 12.3 Å². The van der Waals surface area contributed by atoms with Crippen LogP contribution in [0.25, 0.3) is 0 Å². The fourth-order valence-electron chi connectivity index (χ4n) is 4.16. The zero-order valence-corrected chi connectivity index (χ0v) is 16.8. The van der Waals surface area contributed by atoms with Crippen LogP contribution in [0.3, 0.4) is 0 Å². The van der Waals surface area contributed by atoms with Crippen LogP contribution < -0.4 is 16.0 Å². The lowest BCUT2D eigenvalue weighted by atomic mass is 9.95. The number of rotatable bonds is 12. The molecule has 0 aliphatic heterocycles. The monoisotopic (exact) mass is 404 g/mol. The lowest BCUT2D eigenvalue weighted by molar-refractivity contribution is -0.404. The van der Waals surface area contributed by atoms with E-state index in [4.69, 9.17) is 10.8 Å². The summed E-state index contributed by atoms with van der Waals surface area (Å²) in [6.07, 6.45) is 11.6. The molecule has 1 aromatic heterocycles. The fourth-order valence-corrected chi connectivity index (χ4v) is 4.90. The van der Waals surface area contributed by atoms with Gasteiger partial charge in [0.05, 0.1) is 23.8 Å². The van der Waals surface area contributed by atoms with Gasteiger partial charge in [0.25, 0.3) is 6.20 Å². The Bertz CT molecular complexity index is 727. The minimum absolute atomic E-state index is 0.241. The number of nitro groups is 1. The molecule has 2 aliphatic rings. The molecular formula is C20H28N4O3S. The summed E-state index contributed by atoms with van der Waals surface area (Å²) < 4.78 is 5.92. The summed E-state index contributed by atoms with van der Waals surface area (Å²) in [7, 11) is 0. The predicted octanol–water partition coefficient (Wildman–Crippen LogP) is 2.68. The number of nitrogens with zero attached hydrogens (tertiary/aromatic N) is 1. The van der Waals surface area contributed by atoms with Crippen molar-refractivity contribution in [1.82, 2.24) is 16.0 Å². The second kappa shape index (κ2) is 10.4. The van der Waals surface area contributed by atoms with Crippen molar-refractivity contribution in [1.29, 1.82) is 0 Å². The summed E-state index contributed by atoms with van der Waals surface area (Å²) in [4.78, 5) is 10.1. The van der Waals surface area contributed by atoms with Gasteiger partial charge in [-0.15, -0.1) is 6.42 Å². The summed E-state index contributed by atoms with van der Waals surface area (Å²) in [6, 6.07) is 4.75. The third-order valence-electron chi connectivity index (χ3n) is 5.42. The van der Waals surface area contributed by atoms with Crippen molar-refractivity contribution in [2.75, 3.05) is 18.8 Å². The summed E-state index contributed by atoms with van der Waals surface area (Å²) in [5.74, 6) is 8.07. The van der Waals surface area contributed by atoms with E-state index in [0.717, 1.165) is 47.6 Å². The Labute approximate surface area is 170 Å². The molecule has 0 amide bonds. The Kier molecular flexibility index (Phi) is 7.69. The van der Waals surface area contributed by atoms with Crippen molar-refractivity contribution in [3.05, 3.63) is 45.8 Å². The zero-order chi connectivity index (χ0) is 19.8. The van der Waals surface area contributed by atoms with Crippen LogP contribution >= 0.6 is 11.8 Å². The van der Waals surface area contributed by atoms with E-state index in [9.17, 15) is 10.1 Å². The highest BCUT2D eigenvalue weighted by Crippen LogP contribution is 2.44. The maximum absolute atomic E-state index is 10.6. The van der Waals surface area contributed by atoms with Gasteiger partial charge in [0, 0.05) is 18.3 Å². The standard InChI is InChI=1S/C20H28N4O3S/c1-2-7-21-20(13-24(25)26)22-8-9-28-14-18-6-5-17(27-18)12-23-19-11-15-3-4-16(19)10-15/h1,5-6,13,15-16,19,21-23H,3-4,7-12,14H2/b20-13+. The molecule has 8 heteroatoms. The summed E-state index contributed by atoms with van der Waals surface area (Å²) in [5.41, 5.74) is 0. The zero-order valence-electron chi connectivity index (χ0n) is 16.0. The lowest BCUT2D eigenvalue weighted by Crippen LogP contribution is -2.33. The number of hydrogen-bond donors (Lipinski definition) is 3. The molecule has 3 rings (SSSR count). The average Bonchev–Trinajstić information content (AvgIpc) is 3.40. The maximum atomic E-state index is 10.6. The second-order valence-electron chi connectivity index (χ2n) is 7.40. The molecule has 3 unspecified atom stereocenters. The summed E-state index contributed by atoms with van der Waals surface area (Å²) >= 11 is 1.72. The largest absolute Gasteiger partial charge is 0.464 e. The molecule has 0 saturated heterocycles. The van der Waals surface area contributed by atoms with Crippen LogP contribution in [0.4, 0.5) is 0 Å². The topological polar surface area (TPSA) is 92.4 Å². The Hall–Kier alpha value is -2.11. The quantitative estimate of drug-likeness (QED) is 0.213. The lowest BCUT2D eigenvalue weighted by Gasteiger charge is -2.22. The highest BCUT2D eigenvalue weighted by Gasteiger charge is 2.39. The second-order valence-corrected chi connectivity index (χ2v) is 8.50. The number of thioether (sulfide) groups is 1. The van der Waals surface area contributed by atoms with Gasteiger partial charge in [-0.3, -0.25) is 10.1 Å². The smallest absolute Gasteiger partial charge is 0.274 e. The molecule has 0 radical (unpaired) electrons.